The Morgan fingerprint density at radius 1 is 1.08 bits per heavy atom. The van der Waals surface area contributed by atoms with Gasteiger partial charge in [0.2, 0.25) is 17.2 Å². The van der Waals surface area contributed by atoms with E-state index in [0.29, 0.717) is 5.56 Å². The number of ketones is 2. The maximum absolute atomic E-state index is 13.0. The van der Waals surface area contributed by atoms with Gasteiger partial charge in [-0.05, 0) is 50.6 Å². The van der Waals surface area contributed by atoms with Crippen LogP contribution in [0, 0.1) is 12.7 Å². The summed E-state index contributed by atoms with van der Waals surface area (Å²) in [5.41, 5.74) is 2.32. The zero-order valence-electron chi connectivity index (χ0n) is 22.3. The van der Waals surface area contributed by atoms with E-state index >= 15 is 0 Å². The molecule has 0 amide bonds. The molecule has 0 atom stereocenters. The number of hydrogen-bond acceptors (Lipinski definition) is 8. The van der Waals surface area contributed by atoms with Crippen LogP contribution in [0.2, 0.25) is 0 Å². The molecule has 0 radical (unpaired) electrons. The number of quaternary nitrogens is 1. The summed E-state index contributed by atoms with van der Waals surface area (Å²) in [7, 11) is 1.36. The Morgan fingerprint density at radius 2 is 1.65 bits per heavy atom. The molecular formula is C26H34FN5O5. The van der Waals surface area contributed by atoms with E-state index < -0.39 is 39.8 Å². The number of aryl methyl sites for hydroxylation is 2. The van der Waals surface area contributed by atoms with E-state index in [9.17, 15) is 23.9 Å². The number of nitrogens with zero attached hydrogens (tertiary/aromatic N) is 4. The molecule has 11 heteroatoms. The zero-order chi connectivity index (χ0) is 28.1. The van der Waals surface area contributed by atoms with Gasteiger partial charge in [-0.15, -0.1) is 10.2 Å². The van der Waals surface area contributed by atoms with E-state index in [1.54, 1.807) is 20.8 Å². The quantitative estimate of drug-likeness (QED) is 0.446. The second-order valence-electron chi connectivity index (χ2n) is 10.7. The first-order valence-electron chi connectivity index (χ1n) is 11.7. The molecule has 3 aromatic rings. The predicted molar refractivity (Wildman–Crippen MR) is 132 cm³/mol. The molecule has 0 aliphatic carbocycles. The zero-order valence-corrected chi connectivity index (χ0v) is 22.3. The topological polar surface area (TPSA) is 159 Å². The summed E-state index contributed by atoms with van der Waals surface area (Å²) in [6.07, 6.45) is 0.0284. The number of benzene rings is 1. The third-order valence-corrected chi connectivity index (χ3v) is 5.04. The molecule has 10 nitrogen and oxygen atoms in total. The Hall–Kier alpha value is -3.73. The molecule has 3 N–H and O–H groups in total. The van der Waals surface area contributed by atoms with E-state index in [1.165, 1.54) is 31.3 Å². The lowest BCUT2D eigenvalue weighted by Crippen LogP contribution is -2.67. The first-order valence-corrected chi connectivity index (χ1v) is 11.7. The van der Waals surface area contributed by atoms with Crippen LogP contribution < -0.4 is 16.4 Å². The highest BCUT2D eigenvalue weighted by atomic mass is 19.1. The van der Waals surface area contributed by atoms with Crippen molar-refractivity contribution >= 4 is 11.6 Å². The second kappa shape index (κ2) is 11.5. The molecule has 0 aliphatic rings. The SMILES string of the molecule is CC(C)(C)[NH3+].Cc1nnc(C(=O)CC(C)(C)c2nc(C(=O)CCc3ccc(F)cc3)c([O-])c(=O)n2C)o1. The molecule has 0 saturated carbocycles. The minimum Gasteiger partial charge on any atom is -0.867 e. The third kappa shape index (κ3) is 8.42. The van der Waals surface area contributed by atoms with E-state index in [2.05, 4.69) is 41.7 Å². The van der Waals surface area contributed by atoms with Gasteiger partial charge in [0, 0.05) is 32.2 Å². The number of carbonyl (C=O) groups excluding carboxylic acids is 2. The molecule has 0 unspecified atom stereocenters. The van der Waals surface area contributed by atoms with Gasteiger partial charge in [0.15, 0.2) is 5.78 Å². The number of hydrogen-bond donors (Lipinski definition) is 1. The molecule has 0 fully saturated rings. The highest BCUT2D eigenvalue weighted by Gasteiger charge is 2.32. The molecule has 0 saturated heterocycles. The number of Topliss-reactive ketones (excluding diaryl/α,β-unsaturated/α-hetero) is 2. The lowest BCUT2D eigenvalue weighted by molar-refractivity contribution is -0.458. The number of rotatable bonds is 8. The van der Waals surface area contributed by atoms with Crippen molar-refractivity contribution in [3.05, 3.63) is 69.3 Å². The Kier molecular flexibility index (Phi) is 9.21. The lowest BCUT2D eigenvalue weighted by atomic mass is 9.85. The Morgan fingerprint density at radius 3 is 2.16 bits per heavy atom. The fourth-order valence-corrected chi connectivity index (χ4v) is 3.37. The largest absolute Gasteiger partial charge is 0.867 e. The first kappa shape index (κ1) is 29.5. The Balaban J connectivity index is 0.000000877. The highest BCUT2D eigenvalue weighted by molar-refractivity contribution is 5.96. The summed E-state index contributed by atoms with van der Waals surface area (Å²) < 4.78 is 19.3. The molecule has 0 bridgehead atoms. The molecular weight excluding hydrogens is 481 g/mol. The average molecular weight is 516 g/mol. The number of halogens is 1. The van der Waals surface area contributed by atoms with Gasteiger partial charge < -0.3 is 15.3 Å². The smallest absolute Gasteiger partial charge is 0.284 e. The summed E-state index contributed by atoms with van der Waals surface area (Å²) in [5, 5.41) is 19.8. The third-order valence-electron chi connectivity index (χ3n) is 5.04. The normalized spacial score (nSPS) is 11.6. The summed E-state index contributed by atoms with van der Waals surface area (Å²) in [6.45, 7) is 11.1. The Labute approximate surface area is 214 Å². The summed E-state index contributed by atoms with van der Waals surface area (Å²) in [5.74, 6) is -2.29. The molecule has 0 aliphatic heterocycles. The Bertz CT molecular complexity index is 1310. The molecule has 0 spiro atoms. The van der Waals surface area contributed by atoms with Crippen LogP contribution in [0.1, 0.15) is 85.9 Å². The van der Waals surface area contributed by atoms with Gasteiger partial charge >= 0.3 is 0 Å². The summed E-state index contributed by atoms with van der Waals surface area (Å²) >= 11 is 0. The van der Waals surface area contributed by atoms with Crippen LogP contribution in [-0.4, -0.2) is 36.9 Å². The average Bonchev–Trinajstić information content (AvgIpc) is 3.22. The van der Waals surface area contributed by atoms with Gasteiger partial charge in [-0.1, -0.05) is 26.0 Å². The number of carbonyl (C=O) groups is 2. The fourth-order valence-electron chi connectivity index (χ4n) is 3.37. The van der Waals surface area contributed by atoms with Crippen molar-refractivity contribution < 1.29 is 29.2 Å². The minimum absolute atomic E-state index is 0.0822. The van der Waals surface area contributed by atoms with Gasteiger partial charge in [-0.2, -0.15) is 0 Å². The van der Waals surface area contributed by atoms with Crippen molar-refractivity contribution in [1.82, 2.24) is 19.7 Å². The van der Waals surface area contributed by atoms with Crippen LogP contribution >= 0.6 is 0 Å². The monoisotopic (exact) mass is 515 g/mol. The van der Waals surface area contributed by atoms with Crippen molar-refractivity contribution in [2.45, 2.75) is 71.8 Å². The molecule has 200 valence electrons. The van der Waals surface area contributed by atoms with Gasteiger partial charge in [0.25, 0.3) is 5.89 Å². The lowest BCUT2D eigenvalue weighted by Gasteiger charge is -2.27. The van der Waals surface area contributed by atoms with E-state index in [-0.39, 0.29) is 42.4 Å². The van der Waals surface area contributed by atoms with Crippen molar-refractivity contribution in [2.24, 2.45) is 7.05 Å². The maximum atomic E-state index is 13.0. The van der Waals surface area contributed by atoms with Crippen molar-refractivity contribution in [3.8, 4) is 5.75 Å². The predicted octanol–water partition coefficient (Wildman–Crippen LogP) is 2.08. The van der Waals surface area contributed by atoms with Crippen molar-refractivity contribution in [2.75, 3.05) is 0 Å². The number of aromatic nitrogens is 4. The van der Waals surface area contributed by atoms with Gasteiger partial charge in [-0.25, -0.2) is 9.37 Å². The minimum atomic E-state index is -1.02. The van der Waals surface area contributed by atoms with E-state index in [1.807, 2.05) is 0 Å². The van der Waals surface area contributed by atoms with Crippen LogP contribution in [0.5, 0.6) is 5.75 Å². The van der Waals surface area contributed by atoms with Crippen molar-refractivity contribution in [3.63, 3.8) is 0 Å². The van der Waals surface area contributed by atoms with Gasteiger partial charge in [-0.3, -0.25) is 19.0 Å². The second-order valence-corrected chi connectivity index (χ2v) is 10.7. The van der Waals surface area contributed by atoms with Crippen LogP contribution in [0.15, 0.2) is 33.5 Å². The summed E-state index contributed by atoms with van der Waals surface area (Å²) in [6, 6.07) is 5.63. The van der Waals surface area contributed by atoms with E-state index in [4.69, 9.17) is 4.42 Å². The van der Waals surface area contributed by atoms with E-state index in [0.717, 1.165) is 4.57 Å². The fraction of sp³-hybridized carbons (Fsp3) is 0.462. The van der Waals surface area contributed by atoms with Gasteiger partial charge in [0.1, 0.15) is 17.3 Å². The molecule has 2 heterocycles. The summed E-state index contributed by atoms with van der Waals surface area (Å²) in [4.78, 5) is 42.0. The molecule has 37 heavy (non-hydrogen) atoms. The highest BCUT2D eigenvalue weighted by Crippen LogP contribution is 2.27. The molecule has 2 aromatic heterocycles. The first-order chi connectivity index (χ1) is 17.0. The van der Waals surface area contributed by atoms with Crippen LogP contribution in [0.4, 0.5) is 4.39 Å². The molecule has 3 rings (SSSR count). The van der Waals surface area contributed by atoms with Gasteiger partial charge in [0.05, 0.1) is 5.54 Å². The van der Waals surface area contributed by atoms with Crippen LogP contribution in [0.3, 0.4) is 0 Å². The maximum Gasteiger partial charge on any atom is 0.284 e. The van der Waals surface area contributed by atoms with Crippen molar-refractivity contribution in [1.29, 1.82) is 0 Å². The van der Waals surface area contributed by atoms with Crippen LogP contribution in [-0.2, 0) is 18.9 Å². The molecule has 1 aromatic carbocycles. The van der Waals surface area contributed by atoms with Crippen LogP contribution in [0.25, 0.3) is 0 Å². The standard InChI is InChI=1S/C22H23FN4O5.C4H11N/c1-12-25-26-19(32-12)16(29)11-22(2,3)21-24-17(18(30)20(31)27(21)4)15(28)10-7-13-5-8-14(23)9-6-13;1-4(2,3)5/h5-6,8-9,30H,7,10-11H2,1-4H3;5H2,1-3H3.